The van der Waals surface area contributed by atoms with Gasteiger partial charge < -0.3 is 14.2 Å². The number of piperazine rings is 1. The number of benzene rings is 3. The van der Waals surface area contributed by atoms with E-state index in [2.05, 4.69) is 4.98 Å². The maximum Gasteiger partial charge on any atom is 0.416 e. The molecule has 4 aromatic rings. The van der Waals surface area contributed by atoms with Gasteiger partial charge in [0.1, 0.15) is 5.52 Å². The molecule has 9 heteroatoms. The van der Waals surface area contributed by atoms with Crippen LogP contribution in [0.2, 0.25) is 0 Å². The van der Waals surface area contributed by atoms with Gasteiger partial charge in [-0.05, 0) is 54.4 Å². The van der Waals surface area contributed by atoms with Crippen molar-refractivity contribution in [2.24, 2.45) is 0 Å². The summed E-state index contributed by atoms with van der Waals surface area (Å²) in [6.07, 6.45) is -4.37. The van der Waals surface area contributed by atoms with Crippen molar-refractivity contribution in [3.8, 4) is 0 Å². The molecule has 186 valence electrons. The lowest BCUT2D eigenvalue weighted by Crippen LogP contribution is -2.48. The predicted molar refractivity (Wildman–Crippen MR) is 134 cm³/mol. The molecule has 0 aliphatic carbocycles. The minimum absolute atomic E-state index is 0.0766. The second-order valence-corrected chi connectivity index (χ2v) is 9.64. The van der Waals surface area contributed by atoms with E-state index in [9.17, 15) is 18.0 Å². The Hall–Kier alpha value is -3.46. The maximum absolute atomic E-state index is 13.0. The normalized spacial score (nSPS) is 14.4. The number of nitrogens with zero attached hydrogens (tertiary/aromatic N) is 3. The first-order chi connectivity index (χ1) is 17.3. The van der Waals surface area contributed by atoms with Crippen LogP contribution in [-0.2, 0) is 11.9 Å². The average Bonchev–Trinajstić information content (AvgIpc) is 3.32. The van der Waals surface area contributed by atoms with Crippen LogP contribution < -0.4 is 4.90 Å². The number of hydrogen-bond acceptors (Lipinski definition) is 5. The molecular formula is C27H24F3N3O2S. The van der Waals surface area contributed by atoms with Crippen LogP contribution in [0.1, 0.15) is 27.0 Å². The Balaban J connectivity index is 1.16. The average molecular weight is 512 g/mol. The van der Waals surface area contributed by atoms with Crippen LogP contribution in [0.5, 0.6) is 0 Å². The van der Waals surface area contributed by atoms with Gasteiger partial charge in [0.25, 0.3) is 11.1 Å². The third-order valence-electron chi connectivity index (χ3n) is 6.27. The number of alkyl halides is 3. The Morgan fingerprint density at radius 2 is 1.72 bits per heavy atom. The molecule has 0 spiro atoms. The van der Waals surface area contributed by atoms with Crippen molar-refractivity contribution in [2.45, 2.75) is 24.1 Å². The zero-order chi connectivity index (χ0) is 25.3. The molecule has 0 bridgehead atoms. The van der Waals surface area contributed by atoms with Crippen LogP contribution in [0.4, 0.5) is 18.9 Å². The summed E-state index contributed by atoms with van der Waals surface area (Å²) in [6.45, 7) is 3.85. The fourth-order valence-electron chi connectivity index (χ4n) is 4.25. The Kier molecular flexibility index (Phi) is 6.66. The molecule has 5 rings (SSSR count). The molecule has 0 atom stereocenters. The topological polar surface area (TPSA) is 49.6 Å². The van der Waals surface area contributed by atoms with Gasteiger partial charge in [-0.3, -0.25) is 4.79 Å². The number of halogens is 3. The predicted octanol–water partition coefficient (Wildman–Crippen LogP) is 6.41. The van der Waals surface area contributed by atoms with Crippen molar-refractivity contribution in [3.63, 3.8) is 0 Å². The third kappa shape index (κ3) is 5.21. The number of carbonyl (C=O) groups excluding carboxylic acids is 1. The number of para-hydroxylation sites is 1. The highest BCUT2D eigenvalue weighted by atomic mass is 32.2. The Morgan fingerprint density at radius 1 is 1.00 bits per heavy atom. The first kappa shape index (κ1) is 24.2. The number of thioether (sulfide) groups is 1. The van der Waals surface area contributed by atoms with Crippen molar-refractivity contribution >= 4 is 34.5 Å². The van der Waals surface area contributed by atoms with Gasteiger partial charge in [0.2, 0.25) is 0 Å². The van der Waals surface area contributed by atoms with Gasteiger partial charge in [0.05, 0.1) is 5.56 Å². The van der Waals surface area contributed by atoms with Gasteiger partial charge in [-0.1, -0.05) is 42.1 Å². The summed E-state index contributed by atoms with van der Waals surface area (Å²) >= 11 is 1.50. The second kappa shape index (κ2) is 9.89. The summed E-state index contributed by atoms with van der Waals surface area (Å²) < 4.78 is 44.9. The van der Waals surface area contributed by atoms with Crippen LogP contribution in [0.15, 0.2) is 76.4 Å². The molecule has 0 saturated carbocycles. The molecule has 1 amide bonds. The summed E-state index contributed by atoms with van der Waals surface area (Å²) in [7, 11) is 0. The highest BCUT2D eigenvalue weighted by Crippen LogP contribution is 2.32. The van der Waals surface area contributed by atoms with E-state index < -0.39 is 11.7 Å². The molecule has 0 N–H and O–H groups in total. The van der Waals surface area contributed by atoms with E-state index in [-0.39, 0.29) is 5.91 Å². The number of fused-ring (bicyclic) bond motifs is 1. The van der Waals surface area contributed by atoms with E-state index in [1.165, 1.54) is 17.8 Å². The minimum atomic E-state index is -4.37. The molecule has 36 heavy (non-hydrogen) atoms. The van der Waals surface area contributed by atoms with E-state index in [1.807, 2.05) is 54.3 Å². The lowest BCUT2D eigenvalue weighted by Gasteiger charge is -2.36. The number of aryl methyl sites for hydroxylation is 1. The first-order valence-corrected chi connectivity index (χ1v) is 12.6. The fourth-order valence-corrected chi connectivity index (χ4v) is 5.03. The standard InChI is InChI=1S/C27H24F3N3O2S/c1-18-4-2-7-23-24(18)31-26(35-23)36-17-19-8-10-20(11-9-19)25(34)33-14-12-32(13-15-33)22-6-3-5-21(16-22)27(28,29)30/h2-11,16H,12-15,17H2,1H3. The van der Waals surface area contributed by atoms with Gasteiger partial charge >= 0.3 is 6.18 Å². The van der Waals surface area contributed by atoms with Gasteiger partial charge in [-0.15, -0.1) is 0 Å². The molecule has 0 unspecified atom stereocenters. The first-order valence-electron chi connectivity index (χ1n) is 11.6. The molecule has 1 aromatic heterocycles. The summed E-state index contributed by atoms with van der Waals surface area (Å²) in [6, 6.07) is 18.6. The Morgan fingerprint density at radius 3 is 2.42 bits per heavy atom. The summed E-state index contributed by atoms with van der Waals surface area (Å²) in [5, 5.41) is 0.609. The van der Waals surface area contributed by atoms with Gasteiger partial charge in [0, 0.05) is 43.2 Å². The van der Waals surface area contributed by atoms with Crippen molar-refractivity contribution in [1.29, 1.82) is 0 Å². The van der Waals surface area contributed by atoms with Crippen molar-refractivity contribution in [2.75, 3.05) is 31.1 Å². The molecule has 5 nitrogen and oxygen atoms in total. The third-order valence-corrected chi connectivity index (χ3v) is 7.17. The zero-order valence-electron chi connectivity index (χ0n) is 19.6. The molecular weight excluding hydrogens is 487 g/mol. The van der Waals surface area contributed by atoms with Gasteiger partial charge in [-0.2, -0.15) is 13.2 Å². The molecule has 0 radical (unpaired) electrons. The molecule has 1 aliphatic rings. The monoisotopic (exact) mass is 511 g/mol. The highest BCUT2D eigenvalue weighted by Gasteiger charge is 2.31. The number of carbonyl (C=O) groups is 1. The smallest absolute Gasteiger partial charge is 0.416 e. The van der Waals surface area contributed by atoms with E-state index >= 15 is 0 Å². The highest BCUT2D eigenvalue weighted by molar-refractivity contribution is 7.98. The quantitative estimate of drug-likeness (QED) is 0.290. The van der Waals surface area contributed by atoms with Crippen LogP contribution in [-0.4, -0.2) is 42.0 Å². The van der Waals surface area contributed by atoms with Crippen molar-refractivity contribution < 1.29 is 22.4 Å². The van der Waals surface area contributed by atoms with Gasteiger partial charge in [-0.25, -0.2) is 4.98 Å². The Labute approximate surface area is 210 Å². The number of hydrogen-bond donors (Lipinski definition) is 0. The fraction of sp³-hybridized carbons (Fsp3) is 0.259. The SMILES string of the molecule is Cc1cccc2oc(SCc3ccc(C(=O)N4CCN(c5cccc(C(F)(F)F)c5)CC4)cc3)nc12. The van der Waals surface area contributed by atoms with Crippen molar-refractivity contribution in [3.05, 3.63) is 89.0 Å². The van der Waals surface area contributed by atoms with Crippen LogP contribution in [0.3, 0.4) is 0 Å². The number of amides is 1. The largest absolute Gasteiger partial charge is 0.431 e. The van der Waals surface area contributed by atoms with Crippen LogP contribution in [0.25, 0.3) is 11.1 Å². The summed E-state index contributed by atoms with van der Waals surface area (Å²) in [4.78, 5) is 21.2. The van der Waals surface area contributed by atoms with E-state index in [0.29, 0.717) is 48.4 Å². The summed E-state index contributed by atoms with van der Waals surface area (Å²) in [5.74, 6) is 0.586. The number of rotatable bonds is 5. The molecule has 1 fully saturated rings. The maximum atomic E-state index is 13.0. The van der Waals surface area contributed by atoms with E-state index in [4.69, 9.17) is 4.42 Å². The minimum Gasteiger partial charge on any atom is -0.431 e. The lowest BCUT2D eigenvalue weighted by molar-refractivity contribution is -0.137. The van der Waals surface area contributed by atoms with Crippen LogP contribution >= 0.6 is 11.8 Å². The van der Waals surface area contributed by atoms with Gasteiger partial charge in [0.15, 0.2) is 5.58 Å². The van der Waals surface area contributed by atoms with Crippen LogP contribution in [0, 0.1) is 6.92 Å². The molecule has 3 aromatic carbocycles. The lowest BCUT2D eigenvalue weighted by atomic mass is 10.1. The van der Waals surface area contributed by atoms with E-state index in [1.54, 1.807) is 11.0 Å². The molecule has 1 saturated heterocycles. The number of anilines is 1. The molecule has 1 aliphatic heterocycles. The van der Waals surface area contributed by atoms with E-state index in [0.717, 1.165) is 34.4 Å². The summed E-state index contributed by atoms with van der Waals surface area (Å²) in [5.41, 5.74) is 4.21. The molecule has 2 heterocycles. The second-order valence-electron chi connectivity index (χ2n) is 8.71. The Bertz CT molecular complexity index is 1380. The number of aromatic nitrogens is 1. The van der Waals surface area contributed by atoms with Crippen molar-refractivity contribution in [1.82, 2.24) is 9.88 Å². The zero-order valence-corrected chi connectivity index (χ0v) is 20.4. The number of oxazole rings is 1.